The first-order chi connectivity index (χ1) is 10.3. The van der Waals surface area contributed by atoms with Crippen LogP contribution < -0.4 is 9.46 Å². The van der Waals surface area contributed by atoms with Crippen LogP contribution in [-0.2, 0) is 10.0 Å². The number of rotatable bonds is 4. The monoisotopic (exact) mass is 320 g/mol. The van der Waals surface area contributed by atoms with Gasteiger partial charge in [-0.3, -0.25) is 4.72 Å². The molecule has 1 aromatic carbocycles. The minimum Gasteiger partial charge on any atom is -0.496 e. The van der Waals surface area contributed by atoms with Gasteiger partial charge in [0.25, 0.3) is 10.0 Å². The number of hydrogen-bond donors (Lipinski definition) is 1. The van der Waals surface area contributed by atoms with E-state index in [1.54, 1.807) is 39.2 Å². The lowest BCUT2D eigenvalue weighted by molar-refractivity contribution is 0.410. The van der Waals surface area contributed by atoms with E-state index in [1.165, 1.54) is 0 Å². The van der Waals surface area contributed by atoms with Crippen LogP contribution in [0, 0.1) is 27.7 Å². The second kappa shape index (κ2) is 5.96. The van der Waals surface area contributed by atoms with E-state index in [0.29, 0.717) is 22.7 Å². The average molecular weight is 320 g/mol. The fraction of sp³-hybridized carbons (Fsp3) is 0.312. The number of benzene rings is 1. The molecule has 0 radical (unpaired) electrons. The molecule has 0 unspecified atom stereocenters. The molecule has 118 valence electrons. The van der Waals surface area contributed by atoms with Gasteiger partial charge < -0.3 is 4.74 Å². The summed E-state index contributed by atoms with van der Waals surface area (Å²) in [5.41, 5.74) is 2.88. The maximum Gasteiger partial charge on any atom is 0.263 e. The molecule has 0 spiro atoms. The van der Waals surface area contributed by atoms with E-state index in [2.05, 4.69) is 9.71 Å². The number of sulfonamides is 1. The van der Waals surface area contributed by atoms with Crippen molar-refractivity contribution < 1.29 is 13.2 Å². The fourth-order valence-electron chi connectivity index (χ4n) is 2.44. The third kappa shape index (κ3) is 3.06. The second-order valence-corrected chi connectivity index (χ2v) is 6.86. The van der Waals surface area contributed by atoms with Crippen molar-refractivity contribution in [3.05, 3.63) is 46.6 Å². The molecule has 0 aliphatic carbocycles. The molecule has 1 N–H and O–H groups in total. The normalized spacial score (nSPS) is 11.3. The highest BCUT2D eigenvalue weighted by molar-refractivity contribution is 7.92. The topological polar surface area (TPSA) is 68.3 Å². The van der Waals surface area contributed by atoms with E-state index in [4.69, 9.17) is 4.74 Å². The summed E-state index contributed by atoms with van der Waals surface area (Å²) in [6.45, 7) is 7.19. The van der Waals surface area contributed by atoms with Crippen molar-refractivity contribution in [1.82, 2.24) is 4.98 Å². The van der Waals surface area contributed by atoms with Crippen LogP contribution >= 0.6 is 0 Å². The van der Waals surface area contributed by atoms with Gasteiger partial charge in [-0.05, 0) is 62.6 Å². The zero-order valence-corrected chi connectivity index (χ0v) is 14.2. The van der Waals surface area contributed by atoms with E-state index in [-0.39, 0.29) is 4.90 Å². The Kier molecular flexibility index (Phi) is 4.42. The Morgan fingerprint density at radius 1 is 1.09 bits per heavy atom. The zero-order chi connectivity index (χ0) is 16.5. The molecular weight excluding hydrogens is 300 g/mol. The molecule has 2 rings (SSSR count). The maximum atomic E-state index is 12.7. The van der Waals surface area contributed by atoms with E-state index >= 15 is 0 Å². The first-order valence-corrected chi connectivity index (χ1v) is 8.36. The lowest BCUT2D eigenvalue weighted by Crippen LogP contribution is -2.17. The molecule has 2 aromatic rings. The van der Waals surface area contributed by atoms with Gasteiger partial charge >= 0.3 is 0 Å². The van der Waals surface area contributed by atoms with Gasteiger partial charge in [-0.2, -0.15) is 0 Å². The minimum atomic E-state index is -3.71. The summed E-state index contributed by atoms with van der Waals surface area (Å²) in [6, 6.07) is 6.94. The summed E-state index contributed by atoms with van der Waals surface area (Å²) in [4.78, 5) is 4.46. The zero-order valence-electron chi connectivity index (χ0n) is 13.4. The lowest BCUT2D eigenvalue weighted by atomic mass is 10.1. The summed E-state index contributed by atoms with van der Waals surface area (Å²) < 4.78 is 33.3. The summed E-state index contributed by atoms with van der Waals surface area (Å²) >= 11 is 0. The van der Waals surface area contributed by atoms with Gasteiger partial charge in [0.15, 0.2) is 0 Å². The van der Waals surface area contributed by atoms with Gasteiger partial charge in [-0.1, -0.05) is 6.07 Å². The number of pyridine rings is 1. The molecule has 1 heterocycles. The van der Waals surface area contributed by atoms with Crippen LogP contribution in [0.1, 0.15) is 22.4 Å². The Hall–Kier alpha value is -2.08. The Labute approximate surface area is 131 Å². The highest BCUT2D eigenvalue weighted by Crippen LogP contribution is 2.31. The predicted molar refractivity (Wildman–Crippen MR) is 87.0 cm³/mol. The number of anilines is 1. The van der Waals surface area contributed by atoms with Gasteiger partial charge in [-0.25, -0.2) is 13.4 Å². The van der Waals surface area contributed by atoms with Gasteiger partial charge in [0.1, 0.15) is 11.6 Å². The second-order valence-electron chi connectivity index (χ2n) is 5.24. The number of aromatic nitrogens is 1. The van der Waals surface area contributed by atoms with Crippen molar-refractivity contribution in [2.24, 2.45) is 0 Å². The van der Waals surface area contributed by atoms with Crippen molar-refractivity contribution in [1.29, 1.82) is 0 Å². The summed E-state index contributed by atoms with van der Waals surface area (Å²) in [6.07, 6.45) is 0. The Morgan fingerprint density at radius 3 is 2.36 bits per heavy atom. The van der Waals surface area contributed by atoms with Gasteiger partial charge in [0, 0.05) is 5.69 Å². The molecular formula is C16H20N2O3S. The quantitative estimate of drug-likeness (QED) is 0.940. The maximum absolute atomic E-state index is 12.7. The van der Waals surface area contributed by atoms with Crippen molar-refractivity contribution in [3.63, 3.8) is 0 Å². The molecule has 5 nitrogen and oxygen atoms in total. The summed E-state index contributed by atoms with van der Waals surface area (Å²) in [7, 11) is -2.13. The predicted octanol–water partition coefficient (Wildman–Crippen LogP) is 3.12. The Morgan fingerprint density at radius 2 is 1.77 bits per heavy atom. The van der Waals surface area contributed by atoms with E-state index in [9.17, 15) is 8.42 Å². The van der Waals surface area contributed by atoms with Crippen LogP contribution in [0.5, 0.6) is 5.75 Å². The van der Waals surface area contributed by atoms with Crippen molar-refractivity contribution in [2.75, 3.05) is 11.8 Å². The van der Waals surface area contributed by atoms with Crippen LogP contribution in [0.3, 0.4) is 0 Å². The van der Waals surface area contributed by atoms with E-state index < -0.39 is 10.0 Å². The standard InChI is InChI=1S/C16H20N2O3S/c1-10-9-14(21-5)12(3)13(4)16(10)22(19,20)18-15-8-6-7-11(2)17-15/h6-9H,1-5H3,(H,17,18). The molecule has 0 saturated heterocycles. The van der Waals surface area contributed by atoms with Crippen LogP contribution in [0.25, 0.3) is 0 Å². The van der Waals surface area contributed by atoms with Crippen LogP contribution in [0.4, 0.5) is 5.82 Å². The molecule has 1 aromatic heterocycles. The van der Waals surface area contributed by atoms with Crippen LogP contribution in [0.2, 0.25) is 0 Å². The van der Waals surface area contributed by atoms with Crippen molar-refractivity contribution in [2.45, 2.75) is 32.6 Å². The molecule has 0 aliphatic heterocycles. The highest BCUT2D eigenvalue weighted by atomic mass is 32.2. The SMILES string of the molecule is COc1cc(C)c(S(=O)(=O)Nc2cccc(C)n2)c(C)c1C. The molecule has 6 heteroatoms. The van der Waals surface area contributed by atoms with Gasteiger partial charge in [-0.15, -0.1) is 0 Å². The van der Waals surface area contributed by atoms with Crippen LogP contribution in [0.15, 0.2) is 29.2 Å². The number of nitrogens with one attached hydrogen (secondary N) is 1. The fourth-order valence-corrected chi connectivity index (χ4v) is 3.97. The van der Waals surface area contributed by atoms with E-state index in [0.717, 1.165) is 11.3 Å². The first-order valence-electron chi connectivity index (χ1n) is 6.87. The van der Waals surface area contributed by atoms with Crippen molar-refractivity contribution in [3.8, 4) is 5.75 Å². The Balaban J connectivity index is 2.53. The lowest BCUT2D eigenvalue weighted by Gasteiger charge is -2.17. The number of aryl methyl sites for hydroxylation is 2. The van der Waals surface area contributed by atoms with Gasteiger partial charge in [0.2, 0.25) is 0 Å². The Bertz CT molecular complexity index is 814. The van der Waals surface area contributed by atoms with Crippen LogP contribution in [-0.4, -0.2) is 20.5 Å². The molecule has 0 aliphatic rings. The minimum absolute atomic E-state index is 0.272. The molecule has 0 amide bonds. The number of methoxy groups -OCH3 is 1. The van der Waals surface area contributed by atoms with E-state index in [1.807, 2.05) is 19.9 Å². The first kappa shape index (κ1) is 16.3. The highest BCUT2D eigenvalue weighted by Gasteiger charge is 2.23. The molecule has 22 heavy (non-hydrogen) atoms. The molecule has 0 bridgehead atoms. The molecule has 0 atom stereocenters. The number of hydrogen-bond acceptors (Lipinski definition) is 4. The summed E-state index contributed by atoms with van der Waals surface area (Å²) in [5, 5.41) is 0. The molecule has 0 fully saturated rings. The third-order valence-electron chi connectivity index (χ3n) is 3.59. The largest absolute Gasteiger partial charge is 0.496 e. The number of ether oxygens (including phenoxy) is 1. The summed E-state index contributed by atoms with van der Waals surface area (Å²) in [5.74, 6) is 0.995. The smallest absolute Gasteiger partial charge is 0.263 e. The molecule has 0 saturated carbocycles. The van der Waals surface area contributed by atoms with Crippen molar-refractivity contribution >= 4 is 15.8 Å². The average Bonchev–Trinajstić information content (AvgIpc) is 2.42. The van der Waals surface area contributed by atoms with Gasteiger partial charge in [0.05, 0.1) is 12.0 Å². The third-order valence-corrected chi connectivity index (χ3v) is 5.24. The number of nitrogens with zero attached hydrogens (tertiary/aromatic N) is 1.